The van der Waals surface area contributed by atoms with Crippen molar-refractivity contribution in [3.8, 4) is 0 Å². The van der Waals surface area contributed by atoms with E-state index in [1.807, 2.05) is 13.8 Å². The van der Waals surface area contributed by atoms with Crippen LogP contribution in [-0.4, -0.2) is 30.8 Å². The van der Waals surface area contributed by atoms with Crippen molar-refractivity contribution in [3.63, 3.8) is 0 Å². The zero-order valence-corrected chi connectivity index (χ0v) is 18.0. The lowest BCUT2D eigenvalue weighted by molar-refractivity contribution is 0.392. The fraction of sp³-hybridized carbons (Fsp3) is 0.524. The maximum absolute atomic E-state index is 5.24. The van der Waals surface area contributed by atoms with Gasteiger partial charge < -0.3 is 15.2 Å². The predicted molar refractivity (Wildman–Crippen MR) is 113 cm³/mol. The van der Waals surface area contributed by atoms with Gasteiger partial charge in [0.1, 0.15) is 5.76 Å². The van der Waals surface area contributed by atoms with E-state index in [2.05, 4.69) is 62.9 Å². The molecule has 0 atom stereocenters. The van der Waals surface area contributed by atoms with Crippen molar-refractivity contribution in [2.45, 2.75) is 51.9 Å². The van der Waals surface area contributed by atoms with Gasteiger partial charge in [0, 0.05) is 28.5 Å². The maximum atomic E-state index is 5.24. The summed E-state index contributed by atoms with van der Waals surface area (Å²) in [7, 11) is 0. The summed E-state index contributed by atoms with van der Waals surface area (Å²) in [5.41, 5.74) is 3.80. The van der Waals surface area contributed by atoms with Crippen LogP contribution >= 0.6 is 15.9 Å². The quantitative estimate of drug-likeness (QED) is 0.371. The SMILES string of the molecule is CCNC(=NCC1(c2ccccc2Br)CC1)NCCCc1c(C)noc1C. The molecule has 0 bridgehead atoms. The summed E-state index contributed by atoms with van der Waals surface area (Å²) in [6.07, 6.45) is 4.38. The number of guanidine groups is 1. The Bertz CT molecular complexity index is 776. The molecular formula is C21H29BrN4O. The first kappa shape index (κ1) is 19.9. The molecule has 1 heterocycles. The van der Waals surface area contributed by atoms with Crippen molar-refractivity contribution < 1.29 is 4.52 Å². The minimum Gasteiger partial charge on any atom is -0.361 e. The van der Waals surface area contributed by atoms with E-state index in [1.54, 1.807) is 0 Å². The Kier molecular flexibility index (Phi) is 6.58. The lowest BCUT2D eigenvalue weighted by atomic mass is 9.96. The van der Waals surface area contributed by atoms with Crippen LogP contribution in [0.2, 0.25) is 0 Å². The molecule has 0 aliphatic heterocycles. The standard InChI is InChI=1S/C21H29BrN4O/c1-4-23-20(24-13-7-8-17-15(2)26-27-16(17)3)25-14-21(11-12-21)18-9-5-6-10-19(18)22/h5-6,9-10H,4,7-8,11-14H2,1-3H3,(H2,23,24,25). The second kappa shape index (κ2) is 8.91. The van der Waals surface area contributed by atoms with Gasteiger partial charge in [0.25, 0.3) is 0 Å². The molecule has 0 saturated heterocycles. The molecule has 0 amide bonds. The molecule has 1 saturated carbocycles. The molecule has 0 radical (unpaired) electrons. The topological polar surface area (TPSA) is 62.5 Å². The van der Waals surface area contributed by atoms with E-state index < -0.39 is 0 Å². The number of aryl methyl sites for hydroxylation is 2. The highest BCUT2D eigenvalue weighted by atomic mass is 79.9. The van der Waals surface area contributed by atoms with Gasteiger partial charge in [0.15, 0.2) is 5.96 Å². The summed E-state index contributed by atoms with van der Waals surface area (Å²) >= 11 is 3.70. The number of rotatable bonds is 8. The van der Waals surface area contributed by atoms with Gasteiger partial charge in [-0.2, -0.15) is 0 Å². The van der Waals surface area contributed by atoms with Crippen molar-refractivity contribution in [3.05, 3.63) is 51.3 Å². The Morgan fingerprint density at radius 1 is 1.26 bits per heavy atom. The van der Waals surface area contributed by atoms with Crippen molar-refractivity contribution >= 4 is 21.9 Å². The molecule has 1 aromatic carbocycles. The molecule has 0 unspecified atom stereocenters. The molecule has 27 heavy (non-hydrogen) atoms. The summed E-state index contributed by atoms with van der Waals surface area (Å²) in [4.78, 5) is 4.88. The van der Waals surface area contributed by atoms with Gasteiger partial charge in [-0.25, -0.2) is 0 Å². The van der Waals surface area contributed by atoms with E-state index in [4.69, 9.17) is 9.52 Å². The summed E-state index contributed by atoms with van der Waals surface area (Å²) in [5, 5.41) is 10.8. The van der Waals surface area contributed by atoms with E-state index in [-0.39, 0.29) is 5.41 Å². The van der Waals surface area contributed by atoms with Crippen molar-refractivity contribution in [1.82, 2.24) is 15.8 Å². The predicted octanol–water partition coefficient (Wildman–Crippen LogP) is 4.27. The highest BCUT2D eigenvalue weighted by Gasteiger charge is 2.45. The van der Waals surface area contributed by atoms with Gasteiger partial charge in [0.05, 0.1) is 12.2 Å². The van der Waals surface area contributed by atoms with E-state index in [0.717, 1.165) is 49.9 Å². The van der Waals surface area contributed by atoms with Crippen LogP contribution in [0.15, 0.2) is 38.3 Å². The molecule has 6 heteroatoms. The van der Waals surface area contributed by atoms with E-state index in [0.29, 0.717) is 0 Å². The van der Waals surface area contributed by atoms with E-state index >= 15 is 0 Å². The fourth-order valence-electron chi connectivity index (χ4n) is 3.46. The number of aliphatic imine (C=N–C) groups is 1. The van der Waals surface area contributed by atoms with Gasteiger partial charge in [-0.05, 0) is 58.1 Å². The van der Waals surface area contributed by atoms with Gasteiger partial charge >= 0.3 is 0 Å². The second-order valence-electron chi connectivity index (χ2n) is 7.29. The van der Waals surface area contributed by atoms with Gasteiger partial charge in [-0.3, -0.25) is 4.99 Å². The number of nitrogens with zero attached hydrogens (tertiary/aromatic N) is 2. The summed E-state index contributed by atoms with van der Waals surface area (Å²) in [6, 6.07) is 8.52. The van der Waals surface area contributed by atoms with Crippen LogP contribution in [0.1, 0.15) is 48.8 Å². The third-order valence-electron chi connectivity index (χ3n) is 5.26. The van der Waals surface area contributed by atoms with E-state index in [9.17, 15) is 0 Å². The Morgan fingerprint density at radius 2 is 2.04 bits per heavy atom. The van der Waals surface area contributed by atoms with Gasteiger partial charge in [-0.15, -0.1) is 0 Å². The number of hydrogen-bond donors (Lipinski definition) is 2. The highest BCUT2D eigenvalue weighted by Crippen LogP contribution is 2.50. The zero-order valence-electron chi connectivity index (χ0n) is 16.4. The maximum Gasteiger partial charge on any atom is 0.191 e. The van der Waals surface area contributed by atoms with Crippen LogP contribution in [0.5, 0.6) is 0 Å². The zero-order chi connectivity index (χ0) is 19.3. The van der Waals surface area contributed by atoms with Crippen molar-refractivity contribution in [2.24, 2.45) is 4.99 Å². The molecule has 1 fully saturated rings. The van der Waals surface area contributed by atoms with Crippen LogP contribution in [-0.2, 0) is 11.8 Å². The number of hydrogen-bond acceptors (Lipinski definition) is 3. The molecule has 3 rings (SSSR count). The van der Waals surface area contributed by atoms with Crippen molar-refractivity contribution in [2.75, 3.05) is 19.6 Å². The third-order valence-corrected chi connectivity index (χ3v) is 5.95. The Balaban J connectivity index is 1.55. The number of nitrogens with one attached hydrogen (secondary N) is 2. The first-order valence-electron chi connectivity index (χ1n) is 9.74. The molecule has 146 valence electrons. The minimum absolute atomic E-state index is 0.194. The Morgan fingerprint density at radius 3 is 2.67 bits per heavy atom. The molecule has 5 nitrogen and oxygen atoms in total. The number of halogens is 1. The first-order chi connectivity index (χ1) is 13.1. The number of aromatic nitrogens is 1. The third kappa shape index (κ3) is 4.92. The molecule has 2 N–H and O–H groups in total. The highest BCUT2D eigenvalue weighted by molar-refractivity contribution is 9.10. The van der Waals surface area contributed by atoms with Gasteiger partial charge in [-0.1, -0.05) is 39.3 Å². The monoisotopic (exact) mass is 432 g/mol. The van der Waals surface area contributed by atoms with Crippen molar-refractivity contribution in [1.29, 1.82) is 0 Å². The Hall–Kier alpha value is -1.82. The molecule has 0 spiro atoms. The lowest BCUT2D eigenvalue weighted by Gasteiger charge is -2.17. The van der Waals surface area contributed by atoms with Crippen LogP contribution in [0.4, 0.5) is 0 Å². The summed E-state index contributed by atoms with van der Waals surface area (Å²) in [5.74, 6) is 1.83. The first-order valence-corrected chi connectivity index (χ1v) is 10.5. The van der Waals surface area contributed by atoms with Crippen LogP contribution < -0.4 is 10.6 Å². The summed E-state index contributed by atoms with van der Waals surface area (Å²) < 4.78 is 6.43. The molecular weight excluding hydrogens is 404 g/mol. The summed E-state index contributed by atoms with van der Waals surface area (Å²) in [6.45, 7) is 8.62. The fourth-order valence-corrected chi connectivity index (χ4v) is 4.16. The van der Waals surface area contributed by atoms with Crippen LogP contribution in [0.3, 0.4) is 0 Å². The average molecular weight is 433 g/mol. The lowest BCUT2D eigenvalue weighted by Crippen LogP contribution is -2.38. The van der Waals surface area contributed by atoms with Crippen LogP contribution in [0.25, 0.3) is 0 Å². The largest absolute Gasteiger partial charge is 0.361 e. The molecule has 2 aromatic rings. The smallest absolute Gasteiger partial charge is 0.191 e. The van der Waals surface area contributed by atoms with E-state index in [1.165, 1.54) is 28.4 Å². The van der Waals surface area contributed by atoms with Gasteiger partial charge in [0.2, 0.25) is 0 Å². The second-order valence-corrected chi connectivity index (χ2v) is 8.14. The molecule has 1 aliphatic rings. The molecule has 1 aromatic heterocycles. The molecule has 1 aliphatic carbocycles. The Labute approximate surface area is 170 Å². The van der Waals surface area contributed by atoms with Crippen LogP contribution in [0, 0.1) is 13.8 Å². The minimum atomic E-state index is 0.194. The number of benzene rings is 1. The average Bonchev–Trinajstić information content (AvgIpc) is 3.38. The normalized spacial score (nSPS) is 15.6.